The van der Waals surface area contributed by atoms with Gasteiger partial charge in [-0.2, -0.15) is 0 Å². The lowest BCUT2D eigenvalue weighted by Gasteiger charge is -2.28. The summed E-state index contributed by atoms with van der Waals surface area (Å²) in [7, 11) is 0. The van der Waals surface area contributed by atoms with Crippen LogP contribution >= 0.6 is 0 Å². The lowest BCUT2D eigenvalue weighted by Crippen LogP contribution is -2.35. The maximum Gasteiger partial charge on any atom is 0.305 e. The normalized spacial score (nSPS) is 34.4. The molecule has 0 aromatic carbocycles. The Labute approximate surface area is 116 Å². The van der Waals surface area contributed by atoms with E-state index in [0.717, 1.165) is 0 Å². The third-order valence-electron chi connectivity index (χ3n) is 3.65. The number of azide groups is 1. The van der Waals surface area contributed by atoms with E-state index in [4.69, 9.17) is 24.5 Å². The van der Waals surface area contributed by atoms with E-state index in [9.17, 15) is 4.79 Å². The number of nitrogens with zero attached hydrogens (tertiary/aromatic N) is 3. The molecule has 2 aliphatic rings. The Morgan fingerprint density at radius 2 is 2.00 bits per heavy atom. The highest BCUT2D eigenvalue weighted by molar-refractivity contribution is 5.66. The van der Waals surface area contributed by atoms with Crippen LogP contribution in [0.4, 0.5) is 0 Å². The third kappa shape index (κ3) is 2.73. The molecule has 2 aliphatic heterocycles. The quantitative estimate of drug-likeness (QED) is 0.332. The van der Waals surface area contributed by atoms with E-state index in [1.807, 2.05) is 13.8 Å². The number of ether oxygens (including phenoxy) is 4. The average Bonchev–Trinajstić information content (AvgIpc) is 2.94. The van der Waals surface area contributed by atoms with Crippen LogP contribution in [0.1, 0.15) is 33.6 Å². The molecule has 4 atom stereocenters. The summed E-state index contributed by atoms with van der Waals surface area (Å²) in [5.74, 6) is -1.14. The summed E-state index contributed by atoms with van der Waals surface area (Å²) in [4.78, 5) is 13.8. The van der Waals surface area contributed by atoms with Gasteiger partial charge in [0.1, 0.15) is 6.10 Å². The number of carbonyl (C=O) groups excluding carboxylic acids is 1. The van der Waals surface area contributed by atoms with Gasteiger partial charge in [0.25, 0.3) is 0 Å². The van der Waals surface area contributed by atoms with Crippen LogP contribution in [0.15, 0.2) is 5.11 Å². The second kappa shape index (κ2) is 5.97. The van der Waals surface area contributed by atoms with Crippen LogP contribution in [0.3, 0.4) is 0 Å². The van der Waals surface area contributed by atoms with Gasteiger partial charge in [-0.15, -0.1) is 0 Å². The highest BCUT2D eigenvalue weighted by Crippen LogP contribution is 2.42. The maximum absolute atomic E-state index is 11.1. The molecule has 0 amide bonds. The molecule has 2 unspecified atom stereocenters. The molecule has 0 spiro atoms. The molecule has 2 fully saturated rings. The molecule has 0 aliphatic carbocycles. The predicted octanol–water partition coefficient (Wildman–Crippen LogP) is 1.89. The monoisotopic (exact) mass is 285 g/mol. The van der Waals surface area contributed by atoms with Crippen molar-refractivity contribution in [2.75, 3.05) is 6.54 Å². The Bertz CT molecular complexity index is 399. The van der Waals surface area contributed by atoms with E-state index in [-0.39, 0.29) is 6.54 Å². The molecule has 8 nitrogen and oxygen atoms in total. The summed E-state index contributed by atoms with van der Waals surface area (Å²) in [6.07, 6.45) is -0.825. The Kier molecular flexibility index (Phi) is 4.49. The highest BCUT2D eigenvalue weighted by atomic mass is 16.8. The molecule has 20 heavy (non-hydrogen) atoms. The zero-order valence-corrected chi connectivity index (χ0v) is 11.8. The van der Waals surface area contributed by atoms with Gasteiger partial charge >= 0.3 is 5.97 Å². The van der Waals surface area contributed by atoms with Crippen LogP contribution in [0.25, 0.3) is 10.4 Å². The number of carbonyl (C=O) groups is 1. The Hall–Kier alpha value is -1.34. The first-order chi connectivity index (χ1) is 9.55. The fourth-order valence-corrected chi connectivity index (χ4v) is 2.59. The largest absolute Gasteiger partial charge is 0.433 e. The van der Waals surface area contributed by atoms with E-state index in [0.29, 0.717) is 12.8 Å². The summed E-state index contributed by atoms with van der Waals surface area (Å²) in [6, 6.07) is 0. The Morgan fingerprint density at radius 1 is 1.35 bits per heavy atom. The number of hydrogen-bond donors (Lipinski definition) is 0. The molecular formula is C12H19N3O5. The molecule has 0 aromatic heterocycles. The summed E-state index contributed by atoms with van der Waals surface area (Å²) in [5, 5.41) is 3.51. The van der Waals surface area contributed by atoms with E-state index in [1.165, 1.54) is 6.92 Å². The minimum Gasteiger partial charge on any atom is -0.433 e. The van der Waals surface area contributed by atoms with Crippen LogP contribution in [0, 0.1) is 0 Å². The van der Waals surface area contributed by atoms with Crippen molar-refractivity contribution < 1.29 is 23.7 Å². The molecule has 8 heteroatoms. The van der Waals surface area contributed by atoms with Crippen LogP contribution < -0.4 is 0 Å². The Balaban J connectivity index is 2.16. The van der Waals surface area contributed by atoms with Gasteiger partial charge in [-0.3, -0.25) is 4.79 Å². The summed E-state index contributed by atoms with van der Waals surface area (Å²) in [6.45, 7) is 5.35. The van der Waals surface area contributed by atoms with Crippen molar-refractivity contribution in [3.63, 3.8) is 0 Å². The molecule has 2 heterocycles. The van der Waals surface area contributed by atoms with E-state index in [2.05, 4.69) is 10.0 Å². The molecule has 0 saturated carbocycles. The number of hydrogen-bond acceptors (Lipinski definition) is 6. The number of fused-ring (bicyclic) bond motifs is 1. The summed E-state index contributed by atoms with van der Waals surface area (Å²) in [5.41, 5.74) is 8.42. The van der Waals surface area contributed by atoms with Gasteiger partial charge in [-0.25, -0.2) is 0 Å². The first-order valence-electron chi connectivity index (χ1n) is 6.74. The van der Waals surface area contributed by atoms with Crippen LogP contribution in [-0.4, -0.2) is 42.9 Å². The standard InChI is InChI=1S/C12H19N3O5/c1-4-12(5-2)19-9-8(6-14-15-13)18-11(10(9)20-12)17-7(3)16/h8-11H,4-6H2,1-3H3/t8-,9?,10?,11-/m1/s1. The molecule has 0 bridgehead atoms. The van der Waals surface area contributed by atoms with Gasteiger partial charge in [0.15, 0.2) is 11.9 Å². The van der Waals surface area contributed by atoms with Gasteiger partial charge in [0.05, 0.1) is 12.6 Å². The second-order valence-electron chi connectivity index (χ2n) is 4.85. The van der Waals surface area contributed by atoms with Crippen molar-refractivity contribution in [1.82, 2.24) is 0 Å². The molecule has 2 saturated heterocycles. The first kappa shape index (κ1) is 15.1. The zero-order valence-electron chi connectivity index (χ0n) is 11.8. The topological polar surface area (TPSA) is 103 Å². The van der Waals surface area contributed by atoms with Gasteiger partial charge in [-0.05, 0) is 18.4 Å². The number of esters is 1. The highest BCUT2D eigenvalue weighted by Gasteiger charge is 2.58. The average molecular weight is 285 g/mol. The molecular weight excluding hydrogens is 266 g/mol. The smallest absolute Gasteiger partial charge is 0.305 e. The fraction of sp³-hybridized carbons (Fsp3) is 0.917. The van der Waals surface area contributed by atoms with Crippen molar-refractivity contribution >= 4 is 5.97 Å². The lowest BCUT2D eigenvalue weighted by atomic mass is 10.1. The van der Waals surface area contributed by atoms with Gasteiger partial charge in [0, 0.05) is 11.8 Å². The minimum atomic E-state index is -0.823. The van der Waals surface area contributed by atoms with Crippen molar-refractivity contribution in [2.45, 2.75) is 64.0 Å². The van der Waals surface area contributed by atoms with Crippen molar-refractivity contribution in [3.8, 4) is 0 Å². The number of rotatable bonds is 5. The lowest BCUT2D eigenvalue weighted by molar-refractivity contribution is -0.244. The fourth-order valence-electron chi connectivity index (χ4n) is 2.59. The van der Waals surface area contributed by atoms with Gasteiger partial charge in [0.2, 0.25) is 6.29 Å². The predicted molar refractivity (Wildman–Crippen MR) is 67.5 cm³/mol. The molecule has 0 N–H and O–H groups in total. The van der Waals surface area contributed by atoms with Gasteiger partial charge < -0.3 is 18.9 Å². The minimum absolute atomic E-state index is 0.113. The SMILES string of the molecule is CCC1(CC)OC2C(O1)[C@@H](CN=[N+]=[N-])O[C@H]2OC(C)=O. The van der Waals surface area contributed by atoms with Crippen molar-refractivity contribution in [3.05, 3.63) is 10.4 Å². The molecule has 0 aromatic rings. The van der Waals surface area contributed by atoms with E-state index < -0.39 is 36.4 Å². The Morgan fingerprint density at radius 3 is 2.55 bits per heavy atom. The van der Waals surface area contributed by atoms with Crippen molar-refractivity contribution in [2.24, 2.45) is 5.11 Å². The van der Waals surface area contributed by atoms with Gasteiger partial charge in [-0.1, -0.05) is 19.0 Å². The van der Waals surface area contributed by atoms with Crippen LogP contribution in [0.2, 0.25) is 0 Å². The van der Waals surface area contributed by atoms with Crippen molar-refractivity contribution in [1.29, 1.82) is 0 Å². The van der Waals surface area contributed by atoms with E-state index in [1.54, 1.807) is 0 Å². The molecule has 2 rings (SSSR count). The summed E-state index contributed by atoms with van der Waals surface area (Å²) >= 11 is 0. The maximum atomic E-state index is 11.1. The summed E-state index contributed by atoms with van der Waals surface area (Å²) < 4.78 is 22.6. The molecule has 0 radical (unpaired) electrons. The first-order valence-corrected chi connectivity index (χ1v) is 6.74. The third-order valence-corrected chi connectivity index (χ3v) is 3.65. The van der Waals surface area contributed by atoms with E-state index >= 15 is 0 Å². The zero-order chi connectivity index (χ0) is 14.8. The van der Waals surface area contributed by atoms with Crippen LogP contribution in [0.5, 0.6) is 0 Å². The second-order valence-corrected chi connectivity index (χ2v) is 4.85. The molecule has 112 valence electrons. The van der Waals surface area contributed by atoms with Crippen LogP contribution in [-0.2, 0) is 23.7 Å².